The third-order valence-corrected chi connectivity index (χ3v) is 4.32. The van der Waals surface area contributed by atoms with Crippen LogP contribution < -0.4 is 5.48 Å². The van der Waals surface area contributed by atoms with Gasteiger partial charge < -0.3 is 4.57 Å². The fourth-order valence-corrected chi connectivity index (χ4v) is 3.15. The number of aromatic nitrogens is 1. The van der Waals surface area contributed by atoms with E-state index in [1.165, 1.54) is 22.5 Å². The molecule has 1 aromatic carbocycles. The topological polar surface area (TPSA) is 57.5 Å². The lowest BCUT2D eigenvalue weighted by Gasteiger charge is -2.28. The molecule has 0 radical (unpaired) electrons. The number of amides is 1. The number of hydrogen-bond acceptors (Lipinski definition) is 3. The van der Waals surface area contributed by atoms with E-state index in [1.807, 2.05) is 0 Å². The van der Waals surface area contributed by atoms with Gasteiger partial charge in [-0.15, -0.1) is 0 Å². The molecule has 1 saturated heterocycles. The fraction of sp³-hybridized carbons (Fsp3) is 0.353. The van der Waals surface area contributed by atoms with Crippen LogP contribution in [0.5, 0.6) is 0 Å². The molecule has 1 fully saturated rings. The molecule has 116 valence electrons. The number of hydroxylamine groups is 1. The molecule has 1 aromatic heterocycles. The molecule has 2 aromatic rings. The van der Waals surface area contributed by atoms with Crippen LogP contribution in [0.1, 0.15) is 18.4 Å². The standard InChI is InChI=1S/C17H21N3O2/c1-19-11-14(15-4-2-3-5-16(15)19)12-20-8-6-13(7-9-20)10-17(21)18-22/h2-5,10-11,22H,6-9,12H2,1H3,(H,18,21). The van der Waals surface area contributed by atoms with Crippen molar-refractivity contribution < 1.29 is 10.0 Å². The van der Waals surface area contributed by atoms with E-state index in [4.69, 9.17) is 5.21 Å². The van der Waals surface area contributed by atoms with Gasteiger partial charge in [0.1, 0.15) is 0 Å². The summed E-state index contributed by atoms with van der Waals surface area (Å²) in [5.41, 5.74) is 5.36. The Hall–Kier alpha value is -2.11. The SMILES string of the molecule is Cn1cc(CN2CCC(=CC(=O)NO)CC2)c2ccccc21. The van der Waals surface area contributed by atoms with E-state index in [9.17, 15) is 4.79 Å². The lowest BCUT2D eigenvalue weighted by atomic mass is 10.0. The van der Waals surface area contributed by atoms with Crippen molar-refractivity contribution in [2.75, 3.05) is 13.1 Å². The van der Waals surface area contributed by atoms with E-state index < -0.39 is 5.91 Å². The average Bonchev–Trinajstić information content (AvgIpc) is 2.86. The molecule has 0 unspecified atom stereocenters. The second-order valence-electron chi connectivity index (χ2n) is 5.84. The number of nitrogens with zero attached hydrogens (tertiary/aromatic N) is 2. The maximum Gasteiger partial charge on any atom is 0.267 e. The Bertz CT molecular complexity index is 708. The van der Waals surface area contributed by atoms with Crippen molar-refractivity contribution in [3.8, 4) is 0 Å². The largest absolute Gasteiger partial charge is 0.350 e. The van der Waals surface area contributed by atoms with E-state index in [2.05, 4.69) is 47.0 Å². The van der Waals surface area contributed by atoms with Crippen molar-refractivity contribution >= 4 is 16.8 Å². The fourth-order valence-electron chi connectivity index (χ4n) is 3.15. The number of carbonyl (C=O) groups excluding carboxylic acids is 1. The summed E-state index contributed by atoms with van der Waals surface area (Å²) in [6.07, 6.45) is 5.46. The third-order valence-electron chi connectivity index (χ3n) is 4.32. The molecule has 22 heavy (non-hydrogen) atoms. The van der Waals surface area contributed by atoms with Crippen LogP contribution in [0.4, 0.5) is 0 Å². The van der Waals surface area contributed by atoms with Crippen molar-refractivity contribution in [2.45, 2.75) is 19.4 Å². The van der Waals surface area contributed by atoms with Gasteiger partial charge in [-0.25, -0.2) is 5.48 Å². The van der Waals surface area contributed by atoms with Crippen LogP contribution in [0.25, 0.3) is 10.9 Å². The summed E-state index contributed by atoms with van der Waals surface area (Å²) < 4.78 is 2.17. The summed E-state index contributed by atoms with van der Waals surface area (Å²) in [4.78, 5) is 13.6. The third kappa shape index (κ3) is 3.05. The van der Waals surface area contributed by atoms with Crippen molar-refractivity contribution in [1.29, 1.82) is 0 Å². The molecule has 5 nitrogen and oxygen atoms in total. The Kier molecular flexibility index (Phi) is 4.27. The maximum atomic E-state index is 11.1. The zero-order valence-electron chi connectivity index (χ0n) is 12.7. The molecule has 2 heterocycles. The summed E-state index contributed by atoms with van der Waals surface area (Å²) in [5, 5.41) is 9.87. The Balaban J connectivity index is 1.68. The number of aryl methyl sites for hydroxylation is 1. The van der Waals surface area contributed by atoms with Crippen LogP contribution in [0.15, 0.2) is 42.1 Å². The monoisotopic (exact) mass is 299 g/mol. The van der Waals surface area contributed by atoms with Gasteiger partial charge in [0.25, 0.3) is 5.91 Å². The molecule has 1 aliphatic rings. The number of rotatable bonds is 3. The first-order valence-electron chi connectivity index (χ1n) is 7.56. The number of benzene rings is 1. The van der Waals surface area contributed by atoms with E-state index >= 15 is 0 Å². The van der Waals surface area contributed by atoms with Gasteiger partial charge in [-0.05, 0) is 24.5 Å². The van der Waals surface area contributed by atoms with Crippen molar-refractivity contribution in [3.05, 3.63) is 47.7 Å². The number of para-hydroxylation sites is 1. The minimum absolute atomic E-state index is 0.433. The zero-order chi connectivity index (χ0) is 15.5. The first-order valence-corrected chi connectivity index (χ1v) is 7.56. The Morgan fingerprint density at radius 1 is 1.32 bits per heavy atom. The molecule has 0 bridgehead atoms. The van der Waals surface area contributed by atoms with Crippen LogP contribution in [-0.2, 0) is 18.4 Å². The summed E-state index contributed by atoms with van der Waals surface area (Å²) in [7, 11) is 2.08. The summed E-state index contributed by atoms with van der Waals surface area (Å²) in [5.74, 6) is -0.433. The number of nitrogens with one attached hydrogen (secondary N) is 1. The number of hydrogen-bond donors (Lipinski definition) is 2. The second-order valence-corrected chi connectivity index (χ2v) is 5.84. The molecule has 1 amide bonds. The number of fused-ring (bicyclic) bond motifs is 1. The Morgan fingerprint density at radius 2 is 2.05 bits per heavy atom. The van der Waals surface area contributed by atoms with Crippen LogP contribution >= 0.6 is 0 Å². The normalized spacial score (nSPS) is 16.0. The first-order chi connectivity index (χ1) is 10.7. The molecule has 2 N–H and O–H groups in total. The highest BCUT2D eigenvalue weighted by Crippen LogP contribution is 2.24. The summed E-state index contributed by atoms with van der Waals surface area (Å²) >= 11 is 0. The quantitative estimate of drug-likeness (QED) is 0.519. The highest BCUT2D eigenvalue weighted by molar-refractivity contribution is 5.87. The van der Waals surface area contributed by atoms with Gasteiger partial charge in [0.15, 0.2) is 0 Å². The van der Waals surface area contributed by atoms with E-state index in [0.717, 1.165) is 38.0 Å². The number of likely N-dealkylation sites (tertiary alicyclic amines) is 1. The predicted octanol–water partition coefficient (Wildman–Crippen LogP) is 2.21. The van der Waals surface area contributed by atoms with E-state index in [-0.39, 0.29) is 0 Å². The van der Waals surface area contributed by atoms with Gasteiger partial charge >= 0.3 is 0 Å². The van der Waals surface area contributed by atoms with Crippen LogP contribution in [0, 0.1) is 0 Å². The second kappa shape index (κ2) is 6.34. The van der Waals surface area contributed by atoms with Gasteiger partial charge in [-0.3, -0.25) is 14.9 Å². The number of piperidine rings is 1. The van der Waals surface area contributed by atoms with Gasteiger partial charge in [0.05, 0.1) is 0 Å². The molecule has 3 rings (SSSR count). The van der Waals surface area contributed by atoms with Crippen LogP contribution in [0.3, 0.4) is 0 Å². The van der Waals surface area contributed by atoms with Crippen LogP contribution in [0.2, 0.25) is 0 Å². The molecule has 0 saturated carbocycles. The first kappa shape index (κ1) is 14.8. The molecule has 0 atom stereocenters. The van der Waals surface area contributed by atoms with Gasteiger partial charge in [0, 0.05) is 49.9 Å². The highest BCUT2D eigenvalue weighted by atomic mass is 16.5. The van der Waals surface area contributed by atoms with Crippen molar-refractivity contribution in [2.24, 2.45) is 7.05 Å². The number of carbonyl (C=O) groups is 1. The van der Waals surface area contributed by atoms with Gasteiger partial charge in [0.2, 0.25) is 0 Å². The molecule has 0 spiro atoms. The minimum atomic E-state index is -0.433. The highest BCUT2D eigenvalue weighted by Gasteiger charge is 2.16. The van der Waals surface area contributed by atoms with Gasteiger partial charge in [-0.2, -0.15) is 0 Å². The molecule has 1 aliphatic heterocycles. The lowest BCUT2D eigenvalue weighted by Crippen LogP contribution is -2.30. The van der Waals surface area contributed by atoms with E-state index in [1.54, 1.807) is 5.48 Å². The molecular formula is C17H21N3O2. The molecule has 0 aliphatic carbocycles. The zero-order valence-corrected chi connectivity index (χ0v) is 12.7. The summed E-state index contributed by atoms with van der Waals surface area (Å²) in [6.45, 7) is 2.81. The molecular weight excluding hydrogens is 278 g/mol. The van der Waals surface area contributed by atoms with Gasteiger partial charge in [-0.1, -0.05) is 23.8 Å². The minimum Gasteiger partial charge on any atom is -0.350 e. The summed E-state index contributed by atoms with van der Waals surface area (Å²) in [6, 6.07) is 8.46. The van der Waals surface area contributed by atoms with E-state index in [0.29, 0.717) is 0 Å². The Labute approximate surface area is 129 Å². The predicted molar refractivity (Wildman–Crippen MR) is 85.4 cm³/mol. The average molecular weight is 299 g/mol. The van der Waals surface area contributed by atoms with Crippen LogP contribution in [-0.4, -0.2) is 33.7 Å². The molecule has 5 heteroatoms. The van der Waals surface area contributed by atoms with Crippen molar-refractivity contribution in [3.63, 3.8) is 0 Å². The smallest absolute Gasteiger partial charge is 0.267 e. The lowest BCUT2D eigenvalue weighted by molar-refractivity contribution is -0.124. The van der Waals surface area contributed by atoms with Crippen molar-refractivity contribution in [1.82, 2.24) is 14.9 Å². The Morgan fingerprint density at radius 3 is 2.77 bits per heavy atom. The maximum absolute atomic E-state index is 11.1.